The highest BCUT2D eigenvalue weighted by Gasteiger charge is 2.18. The molecule has 0 aromatic carbocycles. The summed E-state index contributed by atoms with van der Waals surface area (Å²) in [6.45, 7) is 1.76. The molecule has 0 aliphatic rings. The number of amides is 1. The fourth-order valence-electron chi connectivity index (χ4n) is 1.15. The van der Waals surface area contributed by atoms with Crippen molar-refractivity contribution in [3.05, 3.63) is 23.8 Å². The fourth-order valence-corrected chi connectivity index (χ4v) is 1.15. The smallest absolute Gasteiger partial charge is 0.270 e. The van der Waals surface area contributed by atoms with E-state index in [9.17, 15) is 9.18 Å². The third-order valence-electron chi connectivity index (χ3n) is 2.25. The first kappa shape index (κ1) is 11.2. The van der Waals surface area contributed by atoms with E-state index in [1.165, 1.54) is 4.90 Å². The molecule has 0 saturated carbocycles. The van der Waals surface area contributed by atoms with Crippen molar-refractivity contribution in [3.8, 4) is 6.07 Å². The van der Waals surface area contributed by atoms with Gasteiger partial charge in [-0.15, -0.1) is 0 Å². The Balaban J connectivity index is 2.73. The van der Waals surface area contributed by atoms with Crippen molar-refractivity contribution in [3.63, 3.8) is 0 Å². The Bertz CT molecular complexity index is 394. The molecule has 1 aromatic rings. The van der Waals surface area contributed by atoms with E-state index in [1.807, 2.05) is 6.07 Å². The van der Waals surface area contributed by atoms with Gasteiger partial charge < -0.3 is 9.88 Å². The SMILES string of the molecule is CC(CC#N)N(C)C(=O)c1cc(F)c[nH]1. The fraction of sp³-hybridized carbons (Fsp3) is 0.400. The summed E-state index contributed by atoms with van der Waals surface area (Å²) in [5, 5.41) is 8.49. The molecule has 1 aromatic heterocycles. The van der Waals surface area contributed by atoms with Crippen molar-refractivity contribution in [1.29, 1.82) is 5.26 Å². The number of nitrogens with zero attached hydrogens (tertiary/aromatic N) is 2. The summed E-state index contributed by atoms with van der Waals surface area (Å²) < 4.78 is 12.6. The number of halogens is 1. The van der Waals surface area contributed by atoms with Gasteiger partial charge in [-0.2, -0.15) is 5.26 Å². The van der Waals surface area contributed by atoms with E-state index < -0.39 is 5.82 Å². The highest BCUT2D eigenvalue weighted by Crippen LogP contribution is 2.08. The lowest BCUT2D eigenvalue weighted by Crippen LogP contribution is -2.35. The summed E-state index contributed by atoms with van der Waals surface area (Å²) in [5.74, 6) is -0.790. The molecule has 0 saturated heterocycles. The zero-order valence-corrected chi connectivity index (χ0v) is 8.62. The Morgan fingerprint density at radius 1 is 1.80 bits per heavy atom. The van der Waals surface area contributed by atoms with E-state index in [4.69, 9.17) is 5.26 Å². The summed E-state index contributed by atoms with van der Waals surface area (Å²) in [6.07, 6.45) is 1.38. The molecule has 1 atom stereocenters. The second-order valence-corrected chi connectivity index (χ2v) is 3.36. The maximum atomic E-state index is 12.6. The molecule has 1 rings (SSSR count). The van der Waals surface area contributed by atoms with Crippen molar-refractivity contribution in [2.45, 2.75) is 19.4 Å². The second kappa shape index (κ2) is 4.60. The number of aromatic nitrogens is 1. The quantitative estimate of drug-likeness (QED) is 0.820. The van der Waals surface area contributed by atoms with Gasteiger partial charge in [-0.3, -0.25) is 4.79 Å². The number of nitrogens with one attached hydrogen (secondary N) is 1. The minimum absolute atomic E-state index is 0.186. The van der Waals surface area contributed by atoms with Gasteiger partial charge in [-0.1, -0.05) is 0 Å². The third-order valence-corrected chi connectivity index (χ3v) is 2.25. The van der Waals surface area contributed by atoms with Gasteiger partial charge in [0.1, 0.15) is 11.5 Å². The number of hydrogen-bond acceptors (Lipinski definition) is 2. The van der Waals surface area contributed by atoms with Crippen LogP contribution in [0.1, 0.15) is 23.8 Å². The lowest BCUT2D eigenvalue weighted by molar-refractivity contribution is 0.0741. The minimum Gasteiger partial charge on any atom is -0.355 e. The molecule has 0 aliphatic heterocycles. The standard InChI is InChI=1S/C10H12FN3O/c1-7(3-4-12)14(2)10(15)9-5-8(11)6-13-9/h5-7,13H,3H2,1-2H3. The van der Waals surface area contributed by atoms with E-state index in [-0.39, 0.29) is 24.1 Å². The van der Waals surface area contributed by atoms with Crippen molar-refractivity contribution in [1.82, 2.24) is 9.88 Å². The van der Waals surface area contributed by atoms with Crippen LogP contribution in [0.5, 0.6) is 0 Å². The number of nitriles is 1. The van der Waals surface area contributed by atoms with Crippen LogP contribution in [0.25, 0.3) is 0 Å². The maximum Gasteiger partial charge on any atom is 0.270 e. The van der Waals surface area contributed by atoms with E-state index >= 15 is 0 Å². The molecule has 80 valence electrons. The van der Waals surface area contributed by atoms with Crippen molar-refractivity contribution >= 4 is 5.91 Å². The van der Waals surface area contributed by atoms with Gasteiger partial charge in [0.25, 0.3) is 5.91 Å². The number of hydrogen-bond donors (Lipinski definition) is 1. The molecule has 1 amide bonds. The predicted molar refractivity (Wildman–Crippen MR) is 52.5 cm³/mol. The molecule has 0 spiro atoms. The summed E-state index contributed by atoms with van der Waals surface area (Å²) >= 11 is 0. The molecule has 0 aliphatic carbocycles. The lowest BCUT2D eigenvalue weighted by Gasteiger charge is -2.22. The molecule has 1 N–H and O–H groups in total. The molecule has 5 heteroatoms. The largest absolute Gasteiger partial charge is 0.355 e. The van der Waals surface area contributed by atoms with Crippen LogP contribution < -0.4 is 0 Å². The van der Waals surface area contributed by atoms with Gasteiger partial charge in [0.15, 0.2) is 0 Å². The minimum atomic E-state index is -0.473. The first-order valence-electron chi connectivity index (χ1n) is 4.54. The van der Waals surface area contributed by atoms with Gasteiger partial charge in [0, 0.05) is 25.4 Å². The van der Waals surface area contributed by atoms with Crippen LogP contribution in [0.2, 0.25) is 0 Å². The van der Waals surface area contributed by atoms with E-state index in [1.54, 1.807) is 14.0 Å². The average molecular weight is 209 g/mol. The first-order valence-corrected chi connectivity index (χ1v) is 4.54. The molecule has 0 bridgehead atoms. The topological polar surface area (TPSA) is 59.9 Å². The average Bonchev–Trinajstić information content (AvgIpc) is 2.63. The molecule has 4 nitrogen and oxygen atoms in total. The van der Waals surface area contributed by atoms with E-state index in [0.29, 0.717) is 0 Å². The maximum absolute atomic E-state index is 12.6. The number of carbonyl (C=O) groups excluding carboxylic acids is 1. The Kier molecular flexibility index (Phi) is 3.45. The number of H-pyrrole nitrogens is 1. The van der Waals surface area contributed by atoms with Gasteiger partial charge in [-0.25, -0.2) is 4.39 Å². The Morgan fingerprint density at radius 2 is 2.47 bits per heavy atom. The normalized spacial score (nSPS) is 11.9. The summed E-state index contributed by atoms with van der Waals surface area (Å²) in [6, 6.07) is 2.93. The molecule has 0 radical (unpaired) electrons. The van der Waals surface area contributed by atoms with Crippen molar-refractivity contribution in [2.75, 3.05) is 7.05 Å². The van der Waals surface area contributed by atoms with Gasteiger partial charge in [0.05, 0.1) is 12.5 Å². The summed E-state index contributed by atoms with van der Waals surface area (Å²) in [4.78, 5) is 15.6. The summed E-state index contributed by atoms with van der Waals surface area (Å²) in [5.41, 5.74) is 0.194. The van der Waals surface area contributed by atoms with Crippen molar-refractivity contribution in [2.24, 2.45) is 0 Å². The Hall–Kier alpha value is -1.83. The molecule has 1 unspecified atom stereocenters. The first-order chi connectivity index (χ1) is 7.06. The van der Waals surface area contributed by atoms with E-state index in [2.05, 4.69) is 4.98 Å². The molecular formula is C10H12FN3O. The number of aromatic amines is 1. The summed E-state index contributed by atoms with van der Waals surface area (Å²) in [7, 11) is 1.59. The van der Waals surface area contributed by atoms with E-state index in [0.717, 1.165) is 12.3 Å². The van der Waals surface area contributed by atoms with Gasteiger partial charge >= 0.3 is 0 Å². The predicted octanol–water partition coefficient (Wildman–Crippen LogP) is 1.53. The monoisotopic (exact) mass is 209 g/mol. The third kappa shape index (κ3) is 2.56. The lowest BCUT2D eigenvalue weighted by atomic mass is 10.2. The van der Waals surface area contributed by atoms with Crippen molar-refractivity contribution < 1.29 is 9.18 Å². The van der Waals surface area contributed by atoms with Crippen LogP contribution >= 0.6 is 0 Å². The van der Waals surface area contributed by atoms with Crippen LogP contribution in [-0.2, 0) is 0 Å². The van der Waals surface area contributed by atoms with Crippen LogP contribution in [0.3, 0.4) is 0 Å². The second-order valence-electron chi connectivity index (χ2n) is 3.36. The highest BCUT2D eigenvalue weighted by molar-refractivity contribution is 5.92. The Morgan fingerprint density at radius 3 is 2.93 bits per heavy atom. The Labute approximate surface area is 87.3 Å². The highest BCUT2D eigenvalue weighted by atomic mass is 19.1. The van der Waals surface area contributed by atoms with Crippen LogP contribution in [-0.4, -0.2) is 28.9 Å². The van der Waals surface area contributed by atoms with Crippen LogP contribution in [0.15, 0.2) is 12.3 Å². The van der Waals surface area contributed by atoms with Crippen LogP contribution in [0.4, 0.5) is 4.39 Å². The number of rotatable bonds is 3. The zero-order chi connectivity index (χ0) is 11.4. The zero-order valence-electron chi connectivity index (χ0n) is 8.62. The molecule has 1 heterocycles. The molecular weight excluding hydrogens is 197 g/mol. The van der Waals surface area contributed by atoms with Gasteiger partial charge in [0.2, 0.25) is 0 Å². The molecule has 0 fully saturated rings. The molecule has 15 heavy (non-hydrogen) atoms. The van der Waals surface area contributed by atoms with Gasteiger partial charge in [-0.05, 0) is 6.92 Å². The number of carbonyl (C=O) groups is 1. The van der Waals surface area contributed by atoms with Crippen LogP contribution in [0, 0.1) is 17.1 Å².